The highest BCUT2D eigenvalue weighted by Crippen LogP contribution is 2.44. The maximum atomic E-state index is 7.56. The molecule has 2 unspecified atom stereocenters. The lowest BCUT2D eigenvalue weighted by Gasteiger charge is -2.42. The second-order valence-corrected chi connectivity index (χ2v) is 22.4. The first-order valence-electron chi connectivity index (χ1n) is 27.6. The van der Waals surface area contributed by atoms with Crippen LogP contribution >= 0.6 is 23.2 Å². The van der Waals surface area contributed by atoms with Gasteiger partial charge in [0.25, 0.3) is 0 Å². The van der Waals surface area contributed by atoms with Crippen LogP contribution in [-0.2, 0) is 55.8 Å². The summed E-state index contributed by atoms with van der Waals surface area (Å²) in [6, 6.07) is 60.5. The number of likely N-dealkylation sites (tertiary alicyclic amines) is 2. The van der Waals surface area contributed by atoms with Gasteiger partial charge in [-0.3, -0.25) is 19.2 Å². The van der Waals surface area contributed by atoms with Crippen molar-refractivity contribution in [3.63, 3.8) is 0 Å². The molecule has 0 aliphatic carbocycles. The smallest absolute Gasteiger partial charge is 0.142 e. The lowest BCUT2D eigenvalue weighted by molar-refractivity contribution is 0.0174. The van der Waals surface area contributed by atoms with Crippen LogP contribution in [0.15, 0.2) is 207 Å². The Morgan fingerprint density at radius 3 is 1.13 bits per heavy atom. The number of hydrogen-bond donors (Lipinski definition) is 0. The van der Waals surface area contributed by atoms with Gasteiger partial charge >= 0.3 is 0 Å². The number of nitrogens with zero attached hydrogens (tertiary/aromatic N) is 10. The van der Waals surface area contributed by atoms with Crippen LogP contribution in [0.4, 0.5) is 0 Å². The number of benzene rings is 6. The van der Waals surface area contributed by atoms with E-state index in [1.807, 2.05) is 81.6 Å². The molecule has 0 N–H and O–H groups in total. The maximum absolute atomic E-state index is 7.56. The number of imidazole rings is 2. The van der Waals surface area contributed by atoms with Gasteiger partial charge in [0, 0.05) is 85.2 Å². The molecule has 10 aromatic rings. The molecule has 0 spiro atoms. The zero-order valence-electron chi connectivity index (χ0n) is 44.9. The number of ether oxygens (including phenoxy) is 1. The van der Waals surface area contributed by atoms with Gasteiger partial charge in [-0.25, -0.2) is 9.97 Å². The molecule has 6 heterocycles. The van der Waals surface area contributed by atoms with E-state index in [2.05, 4.69) is 168 Å². The Kier molecular flexibility index (Phi) is 15.3. The summed E-state index contributed by atoms with van der Waals surface area (Å²) in [6.45, 7) is 6.43. The lowest BCUT2D eigenvalue weighted by atomic mass is 9.68. The van der Waals surface area contributed by atoms with E-state index in [4.69, 9.17) is 48.1 Å². The maximum Gasteiger partial charge on any atom is 0.142 e. The third kappa shape index (κ3) is 11.2. The van der Waals surface area contributed by atoms with Crippen LogP contribution in [-0.4, -0.2) is 74.6 Å². The molecule has 4 aromatic heterocycles. The minimum atomic E-state index is -0.677. The van der Waals surface area contributed by atoms with Crippen LogP contribution in [0.5, 0.6) is 0 Å². The summed E-state index contributed by atoms with van der Waals surface area (Å²) in [6.07, 6.45) is 14.5. The van der Waals surface area contributed by atoms with E-state index in [1.54, 1.807) is 0 Å². The number of aryl methyl sites for hydroxylation is 2. The van der Waals surface area contributed by atoms with Gasteiger partial charge < -0.3 is 13.9 Å². The number of piperidine rings is 2. The minimum absolute atomic E-state index is 0.0154. The summed E-state index contributed by atoms with van der Waals surface area (Å²) in [4.78, 5) is 14.9. The number of rotatable bonds is 18. The summed E-state index contributed by atoms with van der Waals surface area (Å²) in [5.41, 5.74) is 11.4. The molecule has 2 fully saturated rings. The molecule has 6 aromatic carbocycles. The van der Waals surface area contributed by atoms with Gasteiger partial charge in [0.1, 0.15) is 23.9 Å². The fourth-order valence-electron chi connectivity index (χ4n) is 12.5. The molecule has 79 heavy (non-hydrogen) atoms. The zero-order chi connectivity index (χ0) is 53.8. The molecule has 12 rings (SSSR count). The molecule has 0 amide bonds. The number of hydrogen-bond acceptors (Lipinski definition) is 7. The van der Waals surface area contributed by atoms with Gasteiger partial charge in [0.15, 0.2) is 0 Å². The highest BCUT2D eigenvalue weighted by Gasteiger charge is 2.40. The molecule has 2 aliphatic rings. The van der Waals surface area contributed by atoms with E-state index >= 15 is 0 Å². The number of halogens is 2. The SMILES string of the molecule is Cn1ccnc1C(OC(c1cc(Cl)ccc1Cn1ccc(CN2CCC(c3ccccc3)(c3ccccc3)CC2)n1)c1nccn1C)c1cc(Cl)ccc1Cn1ccc(CN2CCC(c3ccccc3)(c3ccccc3)CC2)n1. The normalized spacial score (nSPS) is 16.5. The Hall–Kier alpha value is -7.38. The monoisotopic (exact) mass is 1080 g/mol. The Balaban J connectivity index is 0.784. The highest BCUT2D eigenvalue weighted by molar-refractivity contribution is 6.31. The Labute approximate surface area is 473 Å². The molecule has 2 atom stereocenters. The van der Waals surface area contributed by atoms with Crippen molar-refractivity contribution >= 4 is 23.2 Å². The van der Waals surface area contributed by atoms with Crippen LogP contribution in [0.3, 0.4) is 0 Å². The van der Waals surface area contributed by atoms with Gasteiger partial charge in [0.2, 0.25) is 0 Å². The van der Waals surface area contributed by atoms with E-state index < -0.39 is 12.2 Å². The zero-order valence-corrected chi connectivity index (χ0v) is 46.4. The molecule has 400 valence electrons. The lowest BCUT2D eigenvalue weighted by Crippen LogP contribution is -2.43. The molecular weight excluding hydrogens is 1020 g/mol. The average molecular weight is 1090 g/mol. The first-order chi connectivity index (χ1) is 38.7. The fourth-order valence-corrected chi connectivity index (χ4v) is 12.9. The predicted molar refractivity (Wildman–Crippen MR) is 313 cm³/mol. The van der Waals surface area contributed by atoms with Gasteiger partial charge in [-0.1, -0.05) is 157 Å². The fraction of sp³-hybridized carbons (Fsp3) is 0.273. The van der Waals surface area contributed by atoms with E-state index in [-0.39, 0.29) is 10.8 Å². The van der Waals surface area contributed by atoms with Crippen LogP contribution in [0.1, 0.15) is 105 Å². The van der Waals surface area contributed by atoms with E-state index in [9.17, 15) is 0 Å². The third-order valence-corrected chi connectivity index (χ3v) is 17.3. The van der Waals surface area contributed by atoms with Crippen LogP contribution in [0.25, 0.3) is 0 Å². The van der Waals surface area contributed by atoms with Crippen molar-refractivity contribution in [2.45, 2.75) is 74.9 Å². The van der Waals surface area contributed by atoms with Crippen LogP contribution in [0.2, 0.25) is 10.0 Å². The molecule has 11 nitrogen and oxygen atoms in total. The van der Waals surface area contributed by atoms with Crippen molar-refractivity contribution in [2.75, 3.05) is 26.2 Å². The van der Waals surface area contributed by atoms with Crippen molar-refractivity contribution in [3.8, 4) is 0 Å². The summed E-state index contributed by atoms with van der Waals surface area (Å²) in [5.74, 6) is 1.44. The molecule has 2 aliphatic heterocycles. The number of aromatic nitrogens is 8. The van der Waals surface area contributed by atoms with E-state index in [0.29, 0.717) is 23.1 Å². The predicted octanol–water partition coefficient (Wildman–Crippen LogP) is 13.0. The van der Waals surface area contributed by atoms with Crippen LogP contribution in [0, 0.1) is 0 Å². The Morgan fingerprint density at radius 2 is 0.797 bits per heavy atom. The highest BCUT2D eigenvalue weighted by atomic mass is 35.5. The summed E-state index contributed by atoms with van der Waals surface area (Å²) in [5, 5.41) is 11.6. The molecular formula is C66H66Cl2N10O. The summed E-state index contributed by atoms with van der Waals surface area (Å²) >= 11 is 13.9. The van der Waals surface area contributed by atoms with Crippen molar-refractivity contribution in [3.05, 3.63) is 285 Å². The third-order valence-electron chi connectivity index (χ3n) is 16.8. The van der Waals surface area contributed by atoms with Crippen LogP contribution < -0.4 is 0 Å². The van der Waals surface area contributed by atoms with E-state index in [1.165, 1.54) is 22.3 Å². The first-order valence-corrected chi connectivity index (χ1v) is 28.3. The first kappa shape index (κ1) is 52.3. The van der Waals surface area contributed by atoms with Crippen molar-refractivity contribution in [2.24, 2.45) is 14.1 Å². The Morgan fingerprint density at radius 1 is 0.443 bits per heavy atom. The summed E-state index contributed by atoms with van der Waals surface area (Å²) < 4.78 is 15.6. The van der Waals surface area contributed by atoms with Gasteiger partial charge in [-0.15, -0.1) is 0 Å². The van der Waals surface area contributed by atoms with Gasteiger partial charge in [-0.2, -0.15) is 10.2 Å². The average Bonchev–Trinajstić information content (AvgIpc) is 4.41. The standard InChI is InChI=1S/C66H66Cl2N10O/c1-73-41-33-69-63(73)61(59-43-55(67)25-23-49(59)45-77-35-27-57(71-77)47-75-37-29-65(30-38-75,51-15-7-3-8-16-51)52-17-9-4-10-18-52)79-62(64-70-34-42-74(64)2)60-44-56(68)26-24-50(60)46-78-36-28-58(72-78)48-76-39-31-66(32-40-76,53-19-11-5-12-20-53)54-21-13-6-14-22-54/h3-28,33-36,41-44,61-62H,29-32,37-40,45-48H2,1-2H3. The van der Waals surface area contributed by atoms with Crippen molar-refractivity contribution in [1.82, 2.24) is 48.5 Å². The topological polar surface area (TPSA) is 87.0 Å². The molecule has 2 saturated heterocycles. The Bertz CT molecular complexity index is 3280. The van der Waals surface area contributed by atoms with Crippen molar-refractivity contribution < 1.29 is 4.74 Å². The van der Waals surface area contributed by atoms with Gasteiger partial charge in [0.05, 0.1) is 24.5 Å². The minimum Gasteiger partial charge on any atom is -0.350 e. The summed E-state index contributed by atoms with van der Waals surface area (Å²) in [7, 11) is 3.99. The molecule has 0 saturated carbocycles. The largest absolute Gasteiger partial charge is 0.350 e. The van der Waals surface area contributed by atoms with Gasteiger partial charge in [-0.05, 0) is 133 Å². The molecule has 0 bridgehead atoms. The second kappa shape index (κ2) is 23.1. The van der Waals surface area contributed by atoms with Crippen molar-refractivity contribution in [1.29, 1.82) is 0 Å². The van der Waals surface area contributed by atoms with E-state index in [0.717, 1.165) is 110 Å². The molecule has 0 radical (unpaired) electrons. The quantitative estimate of drug-likeness (QED) is 0.0846. The second-order valence-electron chi connectivity index (χ2n) is 21.6. The molecule has 13 heteroatoms.